The number of hydrogen-bond acceptors (Lipinski definition) is 0. The molecule has 4 heavy (non-hydrogen) atoms. The van der Waals surface area contributed by atoms with E-state index in [2.05, 4.69) is 34.9 Å². The predicted molar refractivity (Wildman–Crippen MR) is 32.9 cm³/mol. The van der Waals surface area contributed by atoms with Gasteiger partial charge in [0.2, 0.25) is 0 Å². The first kappa shape index (κ1) is 4.95. The fourth-order valence-corrected chi connectivity index (χ4v) is 0. The van der Waals surface area contributed by atoms with Gasteiger partial charge in [-0.2, -0.15) is 0 Å². The highest BCUT2D eigenvalue weighted by atomic mass is 127. The summed E-state index contributed by atoms with van der Waals surface area (Å²) in [5.41, 5.74) is 0. The predicted octanol–water partition coefficient (Wildman–Crippen LogP) is 1.40. The molecule has 0 nitrogen and oxygen atoms in total. The van der Waals surface area contributed by atoms with Crippen molar-refractivity contribution < 1.29 is 0 Å². The average molecular weight is 186 g/mol. The Kier molecular flexibility index (Phi) is 2.72. The molecule has 0 aliphatic rings. The van der Waals surface area contributed by atoms with Gasteiger partial charge in [0.25, 0.3) is 0 Å². The second kappa shape index (κ2) is 2.20. The molecule has 0 aliphatic heterocycles. The molecule has 2 heteroatoms. The third-order valence-corrected chi connectivity index (χ3v) is 0. The van der Waals surface area contributed by atoms with Crippen LogP contribution in [0.5, 0.6) is 0 Å². The van der Waals surface area contributed by atoms with Crippen molar-refractivity contribution in [1.29, 1.82) is 0 Å². The molecule has 0 fully saturated rings. The van der Waals surface area contributed by atoms with Crippen LogP contribution in [0, 0.1) is 0 Å². The van der Waals surface area contributed by atoms with E-state index in [-0.39, 0.29) is 6.29 Å². The van der Waals surface area contributed by atoms with E-state index in [1.165, 1.54) is 0 Å². The first-order valence-corrected chi connectivity index (χ1v) is 7.86. The topological polar surface area (TPSA) is 0 Å². The van der Waals surface area contributed by atoms with Crippen LogP contribution >= 0.6 is 21.8 Å². The number of hydrogen-bond donors (Lipinski definition) is 0. The normalized spacial score (nSPS) is 9.00. The van der Waals surface area contributed by atoms with Crippen LogP contribution in [-0.4, -0.2) is 6.29 Å². The van der Waals surface area contributed by atoms with E-state index in [0.29, 0.717) is 0 Å². The maximum absolute atomic E-state index is 2.48. The molecular weight excluding hydrogens is 179 g/mol. The van der Waals surface area contributed by atoms with Crippen LogP contribution in [0.2, 0.25) is 13.1 Å². The summed E-state index contributed by atoms with van der Waals surface area (Å²) in [5, 5.41) is 0. The molecule has 0 atom stereocenters. The smallest absolute Gasteiger partial charge is 0.103 e. The monoisotopic (exact) mass is 186 g/mol. The molecule has 0 N–H and O–H groups in total. The van der Waals surface area contributed by atoms with Gasteiger partial charge in [0.15, 0.2) is 0 Å². The minimum atomic E-state index is -0.169. The van der Waals surface area contributed by atoms with Crippen LogP contribution in [0.15, 0.2) is 0 Å². The third kappa shape index (κ3) is 12.5. The van der Waals surface area contributed by atoms with Crippen LogP contribution < -0.4 is 0 Å². The first-order valence-electron chi connectivity index (χ1n) is 1.37. The number of rotatable bonds is 0. The molecule has 0 rings (SSSR count). The highest BCUT2D eigenvalue weighted by molar-refractivity contribution is 14.1. The van der Waals surface area contributed by atoms with Crippen molar-refractivity contribution in [3.05, 3.63) is 0 Å². The summed E-state index contributed by atoms with van der Waals surface area (Å²) in [6.07, 6.45) is -0.169. The summed E-state index contributed by atoms with van der Waals surface area (Å²) in [6, 6.07) is 0. The molecule has 0 aromatic rings. The average Bonchev–Trinajstić information content (AvgIpc) is 0.811. The van der Waals surface area contributed by atoms with Gasteiger partial charge in [-0.05, 0) is 0 Å². The van der Waals surface area contributed by atoms with Gasteiger partial charge >= 0.3 is 0 Å². The van der Waals surface area contributed by atoms with Gasteiger partial charge in [0, 0.05) is 0 Å². The lowest BCUT2D eigenvalue weighted by Crippen LogP contribution is -1.77. The molecule has 0 saturated carbocycles. The van der Waals surface area contributed by atoms with Gasteiger partial charge < -0.3 is 0 Å². The van der Waals surface area contributed by atoms with Crippen LogP contribution in [0.1, 0.15) is 0 Å². The Balaban J connectivity index is 2.32. The minimum Gasteiger partial charge on any atom is -0.124 e. The lowest BCUT2D eigenvalue weighted by molar-refractivity contribution is 2.13. The summed E-state index contributed by atoms with van der Waals surface area (Å²) < 4.78 is 0. The molecule has 0 heterocycles. The summed E-state index contributed by atoms with van der Waals surface area (Å²) in [6.45, 7) is 4.58. The SMILES string of the molecule is C[SiH](C)I. The Morgan fingerprint density at radius 1 is 1.50 bits per heavy atom. The lowest BCUT2D eigenvalue weighted by atomic mass is 11.9. The Bertz CT molecular complexity index is 10.8. The van der Waals surface area contributed by atoms with Crippen molar-refractivity contribution >= 4 is 28.1 Å². The van der Waals surface area contributed by atoms with E-state index in [1.54, 1.807) is 0 Å². The van der Waals surface area contributed by atoms with Crippen molar-refractivity contribution in [3.63, 3.8) is 0 Å². The summed E-state index contributed by atoms with van der Waals surface area (Å²) in [7, 11) is 0. The quantitative estimate of drug-likeness (QED) is 0.305. The molecule has 0 aromatic heterocycles. The molecule has 0 amide bonds. The fraction of sp³-hybridized carbons (Fsp3) is 1.00. The van der Waals surface area contributed by atoms with Crippen LogP contribution in [0.4, 0.5) is 0 Å². The van der Waals surface area contributed by atoms with E-state index in [4.69, 9.17) is 0 Å². The third-order valence-electron chi connectivity index (χ3n) is 0. The van der Waals surface area contributed by atoms with Gasteiger partial charge in [-0.25, -0.2) is 0 Å². The van der Waals surface area contributed by atoms with E-state index in [9.17, 15) is 0 Å². The van der Waals surface area contributed by atoms with Gasteiger partial charge in [-0.1, -0.05) is 13.1 Å². The van der Waals surface area contributed by atoms with Gasteiger partial charge in [0.1, 0.15) is 6.29 Å². The molecule has 0 radical (unpaired) electrons. The van der Waals surface area contributed by atoms with Crippen LogP contribution in [0.3, 0.4) is 0 Å². The molecular formula is C2H7ISi. The first-order chi connectivity index (χ1) is 1.73. The van der Waals surface area contributed by atoms with E-state index in [1.807, 2.05) is 0 Å². The van der Waals surface area contributed by atoms with Crippen molar-refractivity contribution in [3.8, 4) is 0 Å². The molecule has 0 spiro atoms. The molecule has 0 unspecified atom stereocenters. The Hall–Kier alpha value is 0.947. The highest BCUT2D eigenvalue weighted by Crippen LogP contribution is 1.86. The molecule has 0 aromatic carbocycles. The highest BCUT2D eigenvalue weighted by Gasteiger charge is 1.75. The van der Waals surface area contributed by atoms with Crippen LogP contribution in [0.25, 0.3) is 0 Å². The summed E-state index contributed by atoms with van der Waals surface area (Å²) in [4.78, 5) is 0. The van der Waals surface area contributed by atoms with Gasteiger partial charge in [-0.15, -0.1) is 21.8 Å². The van der Waals surface area contributed by atoms with E-state index < -0.39 is 0 Å². The molecule has 26 valence electrons. The minimum absolute atomic E-state index is 0.169. The zero-order chi connectivity index (χ0) is 3.58. The zero-order valence-corrected chi connectivity index (χ0v) is 6.27. The number of halogens is 1. The van der Waals surface area contributed by atoms with Crippen molar-refractivity contribution in [2.45, 2.75) is 13.1 Å². The van der Waals surface area contributed by atoms with Crippen LogP contribution in [-0.2, 0) is 0 Å². The Labute approximate surface area is 41.4 Å². The van der Waals surface area contributed by atoms with Crippen molar-refractivity contribution in [1.82, 2.24) is 0 Å². The second-order valence-electron chi connectivity index (χ2n) is 1.01. The molecule has 0 bridgehead atoms. The van der Waals surface area contributed by atoms with Crippen molar-refractivity contribution in [2.24, 2.45) is 0 Å². The fourth-order valence-electron chi connectivity index (χ4n) is 0. The summed E-state index contributed by atoms with van der Waals surface area (Å²) in [5.74, 6) is 0. The standard InChI is InChI=1S/C2H7ISi/c1-4(2)3/h4H,1-2H3. The molecule has 0 aliphatic carbocycles. The van der Waals surface area contributed by atoms with Gasteiger partial charge in [0.05, 0.1) is 0 Å². The second-order valence-corrected chi connectivity index (χ2v) is 10.5. The van der Waals surface area contributed by atoms with E-state index in [0.717, 1.165) is 0 Å². The zero-order valence-electron chi connectivity index (χ0n) is 2.96. The lowest BCUT2D eigenvalue weighted by Gasteiger charge is -1.72. The van der Waals surface area contributed by atoms with Gasteiger partial charge in [-0.3, -0.25) is 0 Å². The summed E-state index contributed by atoms with van der Waals surface area (Å²) >= 11 is 2.48. The maximum Gasteiger partial charge on any atom is 0.103 e. The van der Waals surface area contributed by atoms with E-state index >= 15 is 0 Å². The Morgan fingerprint density at radius 2 is 1.50 bits per heavy atom. The van der Waals surface area contributed by atoms with Crippen molar-refractivity contribution in [2.75, 3.05) is 0 Å². The Morgan fingerprint density at radius 3 is 1.50 bits per heavy atom. The largest absolute Gasteiger partial charge is 0.124 e. The maximum atomic E-state index is 2.48. The molecule has 0 saturated heterocycles.